The maximum atomic E-state index is 13.5. The second-order valence-corrected chi connectivity index (χ2v) is 7.90. The van der Waals surface area contributed by atoms with Gasteiger partial charge in [0.15, 0.2) is 11.5 Å². The minimum absolute atomic E-state index is 0.0487. The van der Waals surface area contributed by atoms with Crippen LogP contribution in [0.4, 0.5) is 5.69 Å². The van der Waals surface area contributed by atoms with Gasteiger partial charge in [0, 0.05) is 18.7 Å². The molecule has 5 rings (SSSR count). The Morgan fingerprint density at radius 1 is 1.06 bits per heavy atom. The van der Waals surface area contributed by atoms with Crippen molar-refractivity contribution in [2.45, 2.75) is 25.6 Å². The molecular weight excluding hydrogens is 418 g/mol. The SMILES string of the molecule is N#CCCCOc1cccc(C2Nc3ccccc3C(=O)N2Cc2ccc3c(c2)OCO3)c1. The van der Waals surface area contributed by atoms with Gasteiger partial charge in [0.1, 0.15) is 11.9 Å². The molecule has 166 valence electrons. The van der Waals surface area contributed by atoms with Gasteiger partial charge in [-0.15, -0.1) is 0 Å². The van der Waals surface area contributed by atoms with Gasteiger partial charge in [-0.05, 0) is 53.9 Å². The van der Waals surface area contributed by atoms with Crippen LogP contribution in [0.3, 0.4) is 0 Å². The molecule has 0 radical (unpaired) electrons. The highest BCUT2D eigenvalue weighted by atomic mass is 16.7. The average molecular weight is 441 g/mol. The van der Waals surface area contributed by atoms with Crippen LogP contribution in [-0.2, 0) is 6.54 Å². The zero-order chi connectivity index (χ0) is 22.6. The number of anilines is 1. The number of para-hydroxylation sites is 1. The molecule has 3 aromatic rings. The van der Waals surface area contributed by atoms with E-state index in [9.17, 15) is 4.79 Å². The quantitative estimate of drug-likeness (QED) is 0.527. The molecule has 0 fully saturated rings. The average Bonchev–Trinajstić information content (AvgIpc) is 3.32. The van der Waals surface area contributed by atoms with Crippen molar-refractivity contribution in [1.82, 2.24) is 4.90 Å². The molecule has 0 saturated carbocycles. The molecule has 33 heavy (non-hydrogen) atoms. The second-order valence-electron chi connectivity index (χ2n) is 7.90. The topological polar surface area (TPSA) is 83.8 Å². The smallest absolute Gasteiger partial charge is 0.258 e. The number of carbonyl (C=O) groups is 1. The number of hydrogen-bond acceptors (Lipinski definition) is 6. The predicted octanol–water partition coefficient (Wildman–Crippen LogP) is 4.86. The molecule has 0 aliphatic carbocycles. The molecule has 0 spiro atoms. The van der Waals surface area contributed by atoms with E-state index in [1.165, 1.54) is 0 Å². The lowest BCUT2D eigenvalue weighted by Gasteiger charge is -2.38. The summed E-state index contributed by atoms with van der Waals surface area (Å²) >= 11 is 0. The third-order valence-electron chi connectivity index (χ3n) is 5.69. The van der Waals surface area contributed by atoms with Crippen molar-refractivity contribution in [3.63, 3.8) is 0 Å². The molecule has 1 atom stereocenters. The van der Waals surface area contributed by atoms with Crippen LogP contribution >= 0.6 is 0 Å². The van der Waals surface area contributed by atoms with Crippen LogP contribution in [0.5, 0.6) is 17.2 Å². The summed E-state index contributed by atoms with van der Waals surface area (Å²) in [7, 11) is 0. The van der Waals surface area contributed by atoms with Crippen molar-refractivity contribution < 1.29 is 19.0 Å². The van der Waals surface area contributed by atoms with Crippen LogP contribution in [0.15, 0.2) is 66.7 Å². The first kappa shape index (κ1) is 20.7. The van der Waals surface area contributed by atoms with Crippen molar-refractivity contribution in [2.24, 2.45) is 0 Å². The van der Waals surface area contributed by atoms with Gasteiger partial charge in [-0.25, -0.2) is 0 Å². The van der Waals surface area contributed by atoms with Gasteiger partial charge >= 0.3 is 0 Å². The maximum Gasteiger partial charge on any atom is 0.258 e. The van der Waals surface area contributed by atoms with Gasteiger partial charge in [-0.3, -0.25) is 4.79 Å². The van der Waals surface area contributed by atoms with Gasteiger partial charge in [-0.2, -0.15) is 5.26 Å². The molecule has 0 aromatic heterocycles. The Kier molecular flexibility index (Phi) is 5.73. The van der Waals surface area contributed by atoms with E-state index in [0.717, 1.165) is 16.8 Å². The van der Waals surface area contributed by atoms with E-state index in [1.807, 2.05) is 71.6 Å². The number of hydrogen-bond donors (Lipinski definition) is 1. The summed E-state index contributed by atoms with van der Waals surface area (Å²) in [5, 5.41) is 12.2. The number of benzene rings is 3. The van der Waals surface area contributed by atoms with Crippen molar-refractivity contribution in [1.29, 1.82) is 5.26 Å². The number of unbranched alkanes of at least 4 members (excludes halogenated alkanes) is 1. The van der Waals surface area contributed by atoms with Gasteiger partial charge < -0.3 is 24.4 Å². The highest BCUT2D eigenvalue weighted by Gasteiger charge is 2.33. The first-order chi connectivity index (χ1) is 16.2. The van der Waals surface area contributed by atoms with E-state index in [1.54, 1.807) is 0 Å². The third kappa shape index (κ3) is 4.28. The Bertz CT molecular complexity index is 1220. The fourth-order valence-corrected chi connectivity index (χ4v) is 4.07. The molecule has 0 saturated heterocycles. The number of nitrogens with one attached hydrogen (secondary N) is 1. The van der Waals surface area contributed by atoms with Crippen molar-refractivity contribution in [3.05, 3.63) is 83.4 Å². The van der Waals surface area contributed by atoms with Crippen LogP contribution < -0.4 is 19.5 Å². The van der Waals surface area contributed by atoms with Crippen LogP contribution in [0.25, 0.3) is 0 Å². The summed E-state index contributed by atoms with van der Waals surface area (Å²) in [6.07, 6.45) is 0.753. The van der Waals surface area contributed by atoms with E-state index in [-0.39, 0.29) is 18.9 Å². The second kappa shape index (κ2) is 9.13. The first-order valence-electron chi connectivity index (χ1n) is 10.9. The van der Waals surface area contributed by atoms with Gasteiger partial charge in [-0.1, -0.05) is 30.3 Å². The van der Waals surface area contributed by atoms with E-state index in [2.05, 4.69) is 11.4 Å². The van der Waals surface area contributed by atoms with Gasteiger partial charge in [0.05, 0.1) is 18.2 Å². The molecular formula is C26H23N3O4. The molecule has 7 heteroatoms. The molecule has 2 aliphatic heterocycles. The molecule has 7 nitrogen and oxygen atoms in total. The Balaban J connectivity index is 1.45. The highest BCUT2D eigenvalue weighted by Crippen LogP contribution is 2.37. The third-order valence-corrected chi connectivity index (χ3v) is 5.69. The fourth-order valence-electron chi connectivity index (χ4n) is 4.07. The molecule has 1 amide bonds. The van der Waals surface area contributed by atoms with Crippen molar-refractivity contribution in [3.8, 4) is 23.3 Å². The Morgan fingerprint density at radius 3 is 2.85 bits per heavy atom. The van der Waals surface area contributed by atoms with E-state index in [0.29, 0.717) is 48.8 Å². The van der Waals surface area contributed by atoms with Gasteiger partial charge in [0.2, 0.25) is 6.79 Å². The van der Waals surface area contributed by atoms with Crippen molar-refractivity contribution >= 4 is 11.6 Å². The van der Waals surface area contributed by atoms with Crippen LogP contribution in [0, 0.1) is 11.3 Å². The van der Waals surface area contributed by atoms with E-state index >= 15 is 0 Å². The monoisotopic (exact) mass is 441 g/mol. The predicted molar refractivity (Wildman–Crippen MR) is 122 cm³/mol. The standard InChI is InChI=1S/C26H23N3O4/c27-12-3-4-13-31-20-7-5-6-19(15-20)25-28-22-9-2-1-8-21(22)26(30)29(25)16-18-10-11-23-24(14-18)33-17-32-23/h1-2,5-11,14-15,25,28H,3-4,13,16-17H2. The summed E-state index contributed by atoms with van der Waals surface area (Å²) in [5.74, 6) is 2.06. The lowest BCUT2D eigenvalue weighted by atomic mass is 10.0. The largest absolute Gasteiger partial charge is 0.494 e. The molecule has 1 N–H and O–H groups in total. The lowest BCUT2D eigenvalue weighted by Crippen LogP contribution is -2.42. The minimum Gasteiger partial charge on any atom is -0.494 e. The summed E-state index contributed by atoms with van der Waals surface area (Å²) in [6.45, 7) is 1.08. The summed E-state index contributed by atoms with van der Waals surface area (Å²) in [5.41, 5.74) is 3.30. The highest BCUT2D eigenvalue weighted by molar-refractivity contribution is 6.01. The van der Waals surface area contributed by atoms with Crippen LogP contribution in [0.2, 0.25) is 0 Å². The normalized spacial score (nSPS) is 16.0. The Hall–Kier alpha value is -4.18. The maximum absolute atomic E-state index is 13.5. The van der Waals surface area contributed by atoms with E-state index < -0.39 is 0 Å². The summed E-state index contributed by atoms with van der Waals surface area (Å²) in [6, 6.07) is 23.1. The summed E-state index contributed by atoms with van der Waals surface area (Å²) in [4.78, 5) is 15.3. The fraction of sp³-hybridized carbons (Fsp3) is 0.231. The molecule has 1 unspecified atom stereocenters. The lowest BCUT2D eigenvalue weighted by molar-refractivity contribution is 0.0666. The zero-order valence-electron chi connectivity index (χ0n) is 18.0. The molecule has 0 bridgehead atoms. The number of rotatable bonds is 7. The number of carbonyl (C=O) groups excluding carboxylic acids is 1. The molecule has 2 aliphatic rings. The Morgan fingerprint density at radius 2 is 1.94 bits per heavy atom. The molecule has 2 heterocycles. The zero-order valence-corrected chi connectivity index (χ0v) is 18.0. The first-order valence-corrected chi connectivity index (χ1v) is 10.9. The number of nitriles is 1. The molecule has 3 aromatic carbocycles. The van der Waals surface area contributed by atoms with E-state index in [4.69, 9.17) is 19.5 Å². The number of amides is 1. The number of ether oxygens (including phenoxy) is 3. The van der Waals surface area contributed by atoms with Crippen molar-refractivity contribution in [2.75, 3.05) is 18.7 Å². The summed E-state index contributed by atoms with van der Waals surface area (Å²) < 4.78 is 16.8. The minimum atomic E-state index is -0.375. The van der Waals surface area contributed by atoms with Crippen LogP contribution in [-0.4, -0.2) is 24.2 Å². The number of nitrogens with zero attached hydrogens (tertiary/aromatic N) is 2. The van der Waals surface area contributed by atoms with Crippen LogP contribution in [0.1, 0.15) is 40.5 Å². The Labute approximate surface area is 192 Å². The van der Waals surface area contributed by atoms with Gasteiger partial charge in [0.25, 0.3) is 5.91 Å². The number of fused-ring (bicyclic) bond motifs is 2.